The number of thiophene rings is 1. The largest absolute Gasteiger partial charge is 0.271 e. The van der Waals surface area contributed by atoms with E-state index < -0.39 is 0 Å². The molecule has 0 bridgehead atoms. The van der Waals surface area contributed by atoms with Crippen molar-refractivity contribution in [3.8, 4) is 0 Å². The number of rotatable bonds is 3. The second-order valence-electron chi connectivity index (χ2n) is 4.60. The summed E-state index contributed by atoms with van der Waals surface area (Å²) in [5, 5.41) is 4.60. The lowest BCUT2D eigenvalue weighted by molar-refractivity contribution is 0.640. The van der Waals surface area contributed by atoms with Crippen LogP contribution in [0.2, 0.25) is 0 Å². The summed E-state index contributed by atoms with van der Waals surface area (Å²) in [5.41, 5.74) is 5.44. The second kappa shape index (κ2) is 5.13. The molecule has 19 heavy (non-hydrogen) atoms. The van der Waals surface area contributed by atoms with E-state index in [1.165, 1.54) is 26.8 Å². The molecule has 0 aliphatic carbocycles. The zero-order valence-electron chi connectivity index (χ0n) is 10.8. The van der Waals surface area contributed by atoms with Gasteiger partial charge in [0.1, 0.15) is 0 Å². The van der Waals surface area contributed by atoms with E-state index in [1.807, 2.05) is 0 Å². The minimum absolute atomic E-state index is 0.0392. The molecule has 96 valence electrons. The Morgan fingerprint density at radius 3 is 2.53 bits per heavy atom. The summed E-state index contributed by atoms with van der Waals surface area (Å²) in [7, 11) is 0. The van der Waals surface area contributed by atoms with Gasteiger partial charge in [0.05, 0.1) is 6.04 Å². The Kier molecular flexibility index (Phi) is 3.34. The number of nitrogens with one attached hydrogen (secondary N) is 1. The highest BCUT2D eigenvalue weighted by molar-refractivity contribution is 7.10. The fourth-order valence-corrected chi connectivity index (χ4v) is 3.28. The molecule has 0 aliphatic rings. The predicted octanol–water partition coefficient (Wildman–Crippen LogP) is 3.76. The first-order chi connectivity index (χ1) is 9.31. The van der Waals surface area contributed by atoms with E-state index >= 15 is 0 Å². The first-order valence-corrected chi connectivity index (χ1v) is 7.17. The van der Waals surface area contributed by atoms with Crippen LogP contribution in [0.4, 0.5) is 0 Å². The third kappa shape index (κ3) is 2.16. The molecule has 0 radical (unpaired) electrons. The van der Waals surface area contributed by atoms with E-state index in [1.54, 1.807) is 11.3 Å². The third-order valence-corrected chi connectivity index (χ3v) is 4.37. The smallest absolute Gasteiger partial charge is 0.0726 e. The summed E-state index contributed by atoms with van der Waals surface area (Å²) in [6.45, 7) is 2.13. The van der Waals surface area contributed by atoms with Gasteiger partial charge < -0.3 is 0 Å². The van der Waals surface area contributed by atoms with Gasteiger partial charge in [0.25, 0.3) is 0 Å². The zero-order chi connectivity index (χ0) is 13.2. The molecule has 1 unspecified atom stereocenters. The van der Waals surface area contributed by atoms with E-state index in [9.17, 15) is 0 Å². The molecule has 2 nitrogen and oxygen atoms in total. The first-order valence-electron chi connectivity index (χ1n) is 6.29. The van der Waals surface area contributed by atoms with Crippen molar-refractivity contribution in [1.29, 1.82) is 0 Å². The van der Waals surface area contributed by atoms with Gasteiger partial charge in [-0.15, -0.1) is 11.3 Å². The van der Waals surface area contributed by atoms with E-state index in [-0.39, 0.29) is 6.04 Å². The van der Waals surface area contributed by atoms with Crippen LogP contribution in [0.25, 0.3) is 10.8 Å². The molecular weight excluding hydrogens is 252 g/mol. The molecule has 3 N–H and O–H groups in total. The van der Waals surface area contributed by atoms with Gasteiger partial charge in [0.2, 0.25) is 0 Å². The molecule has 1 atom stereocenters. The van der Waals surface area contributed by atoms with Crippen LogP contribution in [0.15, 0.2) is 53.9 Å². The van der Waals surface area contributed by atoms with Crippen molar-refractivity contribution < 1.29 is 0 Å². The molecule has 3 rings (SSSR count). The zero-order valence-corrected chi connectivity index (χ0v) is 11.6. The van der Waals surface area contributed by atoms with Crippen molar-refractivity contribution in [1.82, 2.24) is 5.43 Å². The van der Waals surface area contributed by atoms with E-state index in [4.69, 9.17) is 5.84 Å². The molecule has 0 spiro atoms. The van der Waals surface area contributed by atoms with Crippen LogP contribution >= 0.6 is 11.3 Å². The van der Waals surface area contributed by atoms with Gasteiger partial charge >= 0.3 is 0 Å². The summed E-state index contributed by atoms with van der Waals surface area (Å²) in [5.74, 6) is 5.81. The third-order valence-electron chi connectivity index (χ3n) is 3.51. The lowest BCUT2D eigenvalue weighted by Gasteiger charge is -2.18. The molecule has 1 aromatic heterocycles. The Bertz CT molecular complexity index is 697. The van der Waals surface area contributed by atoms with Gasteiger partial charge in [-0.1, -0.05) is 42.5 Å². The Morgan fingerprint density at radius 1 is 1.00 bits per heavy atom. The Hall–Kier alpha value is -1.68. The normalized spacial score (nSPS) is 12.7. The van der Waals surface area contributed by atoms with Gasteiger partial charge in [-0.2, -0.15) is 0 Å². The van der Waals surface area contributed by atoms with Crippen molar-refractivity contribution in [2.75, 3.05) is 0 Å². The highest BCUT2D eigenvalue weighted by atomic mass is 32.1. The number of benzene rings is 2. The summed E-state index contributed by atoms with van der Waals surface area (Å²) in [4.78, 5) is 1.30. The van der Waals surface area contributed by atoms with Crippen LogP contribution < -0.4 is 11.3 Å². The maximum atomic E-state index is 5.81. The molecule has 0 saturated carbocycles. The highest BCUT2D eigenvalue weighted by Crippen LogP contribution is 2.31. The van der Waals surface area contributed by atoms with E-state index in [0.29, 0.717) is 0 Å². The van der Waals surface area contributed by atoms with Crippen LogP contribution in [-0.4, -0.2) is 0 Å². The topological polar surface area (TPSA) is 38.0 Å². The lowest BCUT2D eigenvalue weighted by Crippen LogP contribution is -2.29. The summed E-state index contributed by atoms with van der Waals surface area (Å²) >= 11 is 1.75. The summed E-state index contributed by atoms with van der Waals surface area (Å²) in [6.07, 6.45) is 0. The van der Waals surface area contributed by atoms with Crippen LogP contribution in [-0.2, 0) is 0 Å². The van der Waals surface area contributed by atoms with E-state index in [0.717, 1.165) is 0 Å². The van der Waals surface area contributed by atoms with Crippen LogP contribution in [0.1, 0.15) is 22.0 Å². The van der Waals surface area contributed by atoms with Crippen molar-refractivity contribution in [2.24, 2.45) is 5.84 Å². The maximum Gasteiger partial charge on any atom is 0.0726 e. The van der Waals surface area contributed by atoms with Crippen molar-refractivity contribution >= 4 is 22.1 Å². The number of aryl methyl sites for hydroxylation is 1. The minimum Gasteiger partial charge on any atom is -0.271 e. The van der Waals surface area contributed by atoms with Gasteiger partial charge in [-0.3, -0.25) is 5.84 Å². The Morgan fingerprint density at radius 2 is 1.79 bits per heavy atom. The first kappa shape index (κ1) is 12.4. The quantitative estimate of drug-likeness (QED) is 0.560. The standard InChI is InChI=1S/C16H16N2S/c1-11-13(9-10-19-11)16(18-17)15-8-4-6-12-5-2-3-7-14(12)15/h2-10,16,18H,17H2,1H3. The average Bonchev–Trinajstić information content (AvgIpc) is 2.86. The number of hydrogen-bond donors (Lipinski definition) is 2. The van der Waals surface area contributed by atoms with Crippen molar-refractivity contribution in [3.63, 3.8) is 0 Å². The number of hydrazine groups is 1. The molecule has 0 saturated heterocycles. The monoisotopic (exact) mass is 268 g/mol. The molecule has 0 fully saturated rings. The molecule has 3 heteroatoms. The summed E-state index contributed by atoms with van der Waals surface area (Å²) in [6, 6.07) is 17.0. The fourth-order valence-electron chi connectivity index (χ4n) is 2.54. The van der Waals surface area contributed by atoms with Gasteiger partial charge in [-0.05, 0) is 40.3 Å². The average molecular weight is 268 g/mol. The van der Waals surface area contributed by atoms with Crippen LogP contribution in [0, 0.1) is 6.92 Å². The Labute approximate surface area is 116 Å². The predicted molar refractivity (Wildman–Crippen MR) is 82.2 cm³/mol. The van der Waals surface area contributed by atoms with Crippen LogP contribution in [0.5, 0.6) is 0 Å². The van der Waals surface area contributed by atoms with Crippen LogP contribution in [0.3, 0.4) is 0 Å². The number of hydrogen-bond acceptors (Lipinski definition) is 3. The van der Waals surface area contributed by atoms with Gasteiger partial charge in [0.15, 0.2) is 0 Å². The molecule has 0 aliphatic heterocycles. The summed E-state index contributed by atoms with van der Waals surface area (Å²) < 4.78 is 0. The van der Waals surface area contributed by atoms with Crippen molar-refractivity contribution in [3.05, 3.63) is 69.9 Å². The van der Waals surface area contributed by atoms with Gasteiger partial charge in [0, 0.05) is 4.88 Å². The van der Waals surface area contributed by atoms with E-state index in [2.05, 4.69) is 66.3 Å². The highest BCUT2D eigenvalue weighted by Gasteiger charge is 2.17. The van der Waals surface area contributed by atoms with Crippen molar-refractivity contribution in [2.45, 2.75) is 13.0 Å². The minimum atomic E-state index is 0.0392. The molecule has 2 aromatic carbocycles. The fraction of sp³-hybridized carbons (Fsp3) is 0.125. The van der Waals surface area contributed by atoms with Gasteiger partial charge in [-0.25, -0.2) is 5.43 Å². The SMILES string of the molecule is Cc1sccc1C(NN)c1cccc2ccccc12. The maximum absolute atomic E-state index is 5.81. The number of nitrogens with two attached hydrogens (primary N) is 1. The lowest BCUT2D eigenvalue weighted by atomic mass is 9.94. The number of fused-ring (bicyclic) bond motifs is 1. The second-order valence-corrected chi connectivity index (χ2v) is 5.72. The molecule has 0 amide bonds. The Balaban J connectivity index is 2.20. The molecule has 1 heterocycles. The molecular formula is C16H16N2S. The molecule has 3 aromatic rings.